The number of fused-ring (bicyclic) bond motifs is 1. The summed E-state index contributed by atoms with van der Waals surface area (Å²) in [5, 5.41) is 13.4. The number of rotatable bonds is 8. The Kier molecular flexibility index (Phi) is 11.4. The van der Waals surface area contributed by atoms with Crippen LogP contribution >= 0.6 is 0 Å². The second kappa shape index (κ2) is 14.0. The van der Waals surface area contributed by atoms with E-state index in [4.69, 9.17) is 14.6 Å². The number of carboxylic acid groups (broad SMARTS) is 1. The summed E-state index contributed by atoms with van der Waals surface area (Å²) < 4.78 is 37.1. The number of benzene rings is 1. The van der Waals surface area contributed by atoms with Crippen LogP contribution in [0.15, 0.2) is 18.2 Å². The van der Waals surface area contributed by atoms with E-state index in [1.54, 1.807) is 0 Å². The molecule has 1 amide bonds. The zero-order valence-corrected chi connectivity index (χ0v) is 19.1. The van der Waals surface area contributed by atoms with Crippen LogP contribution in [0.1, 0.15) is 40.7 Å². The van der Waals surface area contributed by atoms with Crippen molar-refractivity contribution in [2.45, 2.75) is 38.3 Å². The van der Waals surface area contributed by atoms with Gasteiger partial charge in [0.05, 0.1) is 13.2 Å². The SMILES string of the molecule is O=C(CCC(=O)c1ccc2c(c1)CCNCC2)NCCCN1CCOCC1.O=C(O)C(F)(F)F. The molecule has 3 N–H and O–H groups in total. The lowest BCUT2D eigenvalue weighted by molar-refractivity contribution is -0.192. The normalized spacial score (nSPS) is 16.4. The third-order valence-corrected chi connectivity index (χ3v) is 5.57. The number of amides is 1. The van der Waals surface area contributed by atoms with Crippen LogP contribution < -0.4 is 10.6 Å². The van der Waals surface area contributed by atoms with E-state index in [-0.39, 0.29) is 24.5 Å². The lowest BCUT2D eigenvalue weighted by Gasteiger charge is -2.26. The van der Waals surface area contributed by atoms with Crippen molar-refractivity contribution >= 4 is 17.7 Å². The highest BCUT2D eigenvalue weighted by Gasteiger charge is 2.38. The molecule has 8 nitrogen and oxygen atoms in total. The maximum Gasteiger partial charge on any atom is 0.490 e. The Balaban J connectivity index is 0.000000509. The van der Waals surface area contributed by atoms with Gasteiger partial charge in [0.2, 0.25) is 5.91 Å². The van der Waals surface area contributed by atoms with Crippen LogP contribution in [0.2, 0.25) is 0 Å². The largest absolute Gasteiger partial charge is 0.490 e. The van der Waals surface area contributed by atoms with Crippen molar-refractivity contribution in [2.24, 2.45) is 0 Å². The molecule has 0 saturated carbocycles. The van der Waals surface area contributed by atoms with Crippen molar-refractivity contribution in [3.8, 4) is 0 Å². The maximum atomic E-state index is 12.4. The van der Waals surface area contributed by atoms with Gasteiger partial charge in [0.15, 0.2) is 5.78 Å². The summed E-state index contributed by atoms with van der Waals surface area (Å²) in [6, 6.07) is 6.00. The number of carbonyl (C=O) groups is 3. The van der Waals surface area contributed by atoms with E-state index in [9.17, 15) is 22.8 Å². The number of carbonyl (C=O) groups excluding carboxylic acids is 2. The highest BCUT2D eigenvalue weighted by Crippen LogP contribution is 2.17. The van der Waals surface area contributed by atoms with E-state index in [1.807, 2.05) is 12.1 Å². The van der Waals surface area contributed by atoms with Gasteiger partial charge >= 0.3 is 12.1 Å². The highest BCUT2D eigenvalue weighted by atomic mass is 19.4. The molecule has 0 radical (unpaired) electrons. The van der Waals surface area contributed by atoms with Crippen molar-refractivity contribution < 1.29 is 37.4 Å². The quantitative estimate of drug-likeness (QED) is 0.379. The zero-order chi connectivity index (χ0) is 25.0. The molecule has 0 aliphatic carbocycles. The summed E-state index contributed by atoms with van der Waals surface area (Å²) in [6.07, 6.45) is -1.66. The Labute approximate surface area is 196 Å². The minimum Gasteiger partial charge on any atom is -0.475 e. The summed E-state index contributed by atoms with van der Waals surface area (Å²) in [5.74, 6) is -2.74. The number of nitrogens with zero attached hydrogens (tertiary/aromatic N) is 1. The number of hydrogen-bond donors (Lipinski definition) is 3. The standard InChI is InChI=1S/C21H31N3O3.C2HF3O2/c25-20(19-3-2-17-6-9-22-10-7-18(17)16-19)4-5-21(26)23-8-1-11-24-12-14-27-15-13-24;3-2(4,5)1(6)7/h2-3,16,22H,1,4-15H2,(H,23,26);(H,6,7). The average molecular weight is 488 g/mol. The van der Waals surface area contributed by atoms with Crippen LogP contribution in [-0.2, 0) is 27.2 Å². The number of alkyl halides is 3. The van der Waals surface area contributed by atoms with Gasteiger partial charge in [-0.3, -0.25) is 14.5 Å². The number of hydrogen-bond acceptors (Lipinski definition) is 6. The fourth-order valence-electron chi connectivity index (χ4n) is 3.66. The molecular formula is C23H32F3N3O5. The predicted octanol–water partition coefficient (Wildman–Crippen LogP) is 1.81. The number of aliphatic carboxylic acids is 1. The number of nitrogens with one attached hydrogen (secondary N) is 2. The Hall–Kier alpha value is -2.50. The van der Waals surface area contributed by atoms with E-state index in [0.717, 1.165) is 70.8 Å². The molecule has 2 aliphatic heterocycles. The molecule has 0 unspecified atom stereocenters. The van der Waals surface area contributed by atoms with Gasteiger partial charge in [0.25, 0.3) is 0 Å². The monoisotopic (exact) mass is 487 g/mol. The summed E-state index contributed by atoms with van der Waals surface area (Å²) in [6.45, 7) is 7.13. The van der Waals surface area contributed by atoms with Gasteiger partial charge in [-0.25, -0.2) is 4.79 Å². The van der Waals surface area contributed by atoms with Crippen molar-refractivity contribution in [1.82, 2.24) is 15.5 Å². The van der Waals surface area contributed by atoms with Gasteiger partial charge in [-0.05, 0) is 56.1 Å². The highest BCUT2D eigenvalue weighted by molar-refractivity contribution is 5.98. The second-order valence-electron chi connectivity index (χ2n) is 8.12. The molecule has 0 bridgehead atoms. The Morgan fingerprint density at radius 2 is 1.71 bits per heavy atom. The average Bonchev–Trinajstić information content (AvgIpc) is 3.05. The smallest absolute Gasteiger partial charge is 0.475 e. The molecule has 3 rings (SSSR count). The Morgan fingerprint density at radius 1 is 1.06 bits per heavy atom. The van der Waals surface area contributed by atoms with Crippen molar-refractivity contribution in [1.29, 1.82) is 0 Å². The molecule has 11 heteroatoms. The topological polar surface area (TPSA) is 108 Å². The van der Waals surface area contributed by atoms with E-state index >= 15 is 0 Å². The molecule has 1 aromatic rings. The molecule has 2 aliphatic rings. The summed E-state index contributed by atoms with van der Waals surface area (Å²) >= 11 is 0. The first-order valence-electron chi connectivity index (χ1n) is 11.4. The number of morpholine rings is 1. The molecule has 0 aromatic heterocycles. The van der Waals surface area contributed by atoms with Gasteiger partial charge in [0, 0.05) is 38.0 Å². The summed E-state index contributed by atoms with van der Waals surface area (Å²) in [5.41, 5.74) is 3.32. The lowest BCUT2D eigenvalue weighted by Crippen LogP contribution is -2.38. The second-order valence-corrected chi connectivity index (χ2v) is 8.12. The molecule has 0 atom stereocenters. The Morgan fingerprint density at radius 3 is 2.35 bits per heavy atom. The molecule has 2 heterocycles. The minimum atomic E-state index is -5.08. The number of halogens is 3. The molecule has 1 aromatic carbocycles. The van der Waals surface area contributed by atoms with E-state index in [2.05, 4.69) is 21.6 Å². The molecular weight excluding hydrogens is 455 g/mol. The van der Waals surface area contributed by atoms with Crippen molar-refractivity contribution in [2.75, 3.05) is 52.5 Å². The number of ether oxygens (including phenoxy) is 1. The van der Waals surface area contributed by atoms with Gasteiger partial charge in [0.1, 0.15) is 0 Å². The van der Waals surface area contributed by atoms with Gasteiger partial charge in [-0.1, -0.05) is 12.1 Å². The molecule has 190 valence electrons. The number of ketones is 1. The molecule has 0 spiro atoms. The third-order valence-electron chi connectivity index (χ3n) is 5.57. The lowest BCUT2D eigenvalue weighted by atomic mass is 9.97. The fourth-order valence-corrected chi connectivity index (χ4v) is 3.66. The molecule has 1 fully saturated rings. The predicted molar refractivity (Wildman–Crippen MR) is 119 cm³/mol. The molecule has 1 saturated heterocycles. The third kappa shape index (κ3) is 10.2. The first kappa shape index (κ1) is 27.7. The van der Waals surface area contributed by atoms with Crippen LogP contribution in [0.4, 0.5) is 13.2 Å². The van der Waals surface area contributed by atoms with Crippen LogP contribution in [0.3, 0.4) is 0 Å². The summed E-state index contributed by atoms with van der Waals surface area (Å²) in [4.78, 5) is 35.7. The number of Topliss-reactive ketones (excluding diaryl/α,β-unsaturated/α-hetero) is 1. The van der Waals surface area contributed by atoms with Crippen LogP contribution in [0, 0.1) is 0 Å². The van der Waals surface area contributed by atoms with Crippen LogP contribution in [0.25, 0.3) is 0 Å². The van der Waals surface area contributed by atoms with Crippen molar-refractivity contribution in [3.05, 3.63) is 34.9 Å². The van der Waals surface area contributed by atoms with Gasteiger partial charge in [-0.15, -0.1) is 0 Å². The zero-order valence-electron chi connectivity index (χ0n) is 19.1. The summed E-state index contributed by atoms with van der Waals surface area (Å²) in [7, 11) is 0. The minimum absolute atomic E-state index is 0.0377. The van der Waals surface area contributed by atoms with E-state index < -0.39 is 12.1 Å². The van der Waals surface area contributed by atoms with Crippen LogP contribution in [0.5, 0.6) is 0 Å². The maximum absolute atomic E-state index is 12.4. The fraction of sp³-hybridized carbons (Fsp3) is 0.609. The number of carboxylic acids is 1. The van der Waals surface area contributed by atoms with E-state index in [1.165, 1.54) is 11.1 Å². The van der Waals surface area contributed by atoms with Gasteiger partial charge in [-0.2, -0.15) is 13.2 Å². The Bertz CT molecular complexity index is 827. The molecule has 34 heavy (non-hydrogen) atoms. The van der Waals surface area contributed by atoms with Crippen LogP contribution in [-0.4, -0.2) is 86.3 Å². The van der Waals surface area contributed by atoms with Gasteiger partial charge < -0.3 is 20.5 Å². The van der Waals surface area contributed by atoms with E-state index in [0.29, 0.717) is 6.54 Å². The first-order chi connectivity index (χ1) is 16.2. The first-order valence-corrected chi connectivity index (χ1v) is 11.4. The van der Waals surface area contributed by atoms with Crippen molar-refractivity contribution in [3.63, 3.8) is 0 Å².